The quantitative estimate of drug-likeness (QED) is 0.269. The number of benzene rings is 2. The Bertz CT molecular complexity index is 1060. The Kier molecular flexibility index (Phi) is 7.54. The number of nitrogens with one attached hydrogen (secondary N) is 2. The molecule has 1 heterocycles. The van der Waals surface area contributed by atoms with E-state index in [2.05, 4.69) is 20.5 Å². The van der Waals surface area contributed by atoms with Crippen molar-refractivity contribution in [3.05, 3.63) is 65.9 Å². The number of halogens is 1. The molecule has 0 unspecified atom stereocenters. The number of anilines is 1. The van der Waals surface area contributed by atoms with Crippen LogP contribution in [-0.4, -0.2) is 34.6 Å². The van der Waals surface area contributed by atoms with Crippen molar-refractivity contribution in [2.45, 2.75) is 6.92 Å². The Hall–Kier alpha value is -3.85. The highest BCUT2D eigenvalue weighted by atomic mass is 35.5. The zero-order valence-corrected chi connectivity index (χ0v) is 16.9. The minimum atomic E-state index is -0.505. The standard InChI is InChI=1S/C20H20N6O3.ClH/c1-2-29-19(28)14-5-3-4-6-15(14)24-18(27)17-11-16(25-26-17)12-7-9-13(10-8-12)23-20(21)22;/h3-11H,2H2,1H3,(H,24,27)(H,25,26)(H4,21,22,23);1H. The molecule has 3 rings (SSSR count). The first kappa shape index (κ1) is 22.4. The maximum Gasteiger partial charge on any atom is 0.340 e. The zero-order chi connectivity index (χ0) is 20.8. The highest BCUT2D eigenvalue weighted by Crippen LogP contribution is 2.22. The highest BCUT2D eigenvalue weighted by molar-refractivity contribution is 6.07. The van der Waals surface area contributed by atoms with E-state index >= 15 is 0 Å². The molecule has 0 spiro atoms. The van der Waals surface area contributed by atoms with Gasteiger partial charge in [-0.1, -0.05) is 24.3 Å². The number of nitrogens with zero attached hydrogens (tertiary/aromatic N) is 2. The molecule has 9 nitrogen and oxygen atoms in total. The number of esters is 1. The van der Waals surface area contributed by atoms with Gasteiger partial charge in [0.2, 0.25) is 0 Å². The van der Waals surface area contributed by atoms with Crippen molar-refractivity contribution in [3.63, 3.8) is 0 Å². The van der Waals surface area contributed by atoms with Crippen LogP contribution in [0.5, 0.6) is 0 Å². The van der Waals surface area contributed by atoms with Gasteiger partial charge in [-0.2, -0.15) is 5.10 Å². The molecule has 1 aromatic heterocycles. The maximum absolute atomic E-state index is 12.6. The third-order valence-electron chi connectivity index (χ3n) is 3.91. The summed E-state index contributed by atoms with van der Waals surface area (Å²) in [5, 5.41) is 9.57. The average molecular weight is 429 g/mol. The van der Waals surface area contributed by atoms with Gasteiger partial charge >= 0.3 is 5.97 Å². The number of carbonyl (C=O) groups excluding carboxylic acids is 2. The van der Waals surface area contributed by atoms with E-state index in [0.717, 1.165) is 5.56 Å². The first-order chi connectivity index (χ1) is 14.0. The van der Waals surface area contributed by atoms with Gasteiger partial charge in [0, 0.05) is 5.56 Å². The van der Waals surface area contributed by atoms with Crippen molar-refractivity contribution in [2.24, 2.45) is 16.5 Å². The van der Waals surface area contributed by atoms with E-state index in [9.17, 15) is 9.59 Å². The second-order valence-corrected chi connectivity index (χ2v) is 5.97. The van der Waals surface area contributed by atoms with Crippen molar-refractivity contribution in [2.75, 3.05) is 11.9 Å². The Morgan fingerprint density at radius 3 is 2.50 bits per heavy atom. The van der Waals surface area contributed by atoms with Crippen LogP contribution >= 0.6 is 12.4 Å². The molecule has 0 aliphatic carbocycles. The third-order valence-corrected chi connectivity index (χ3v) is 3.91. The Morgan fingerprint density at radius 2 is 1.83 bits per heavy atom. The first-order valence-corrected chi connectivity index (χ1v) is 8.81. The van der Waals surface area contributed by atoms with Gasteiger partial charge in [-0.05, 0) is 37.3 Å². The first-order valence-electron chi connectivity index (χ1n) is 8.81. The number of rotatable bonds is 6. The molecule has 0 fully saturated rings. The molecule has 0 atom stereocenters. The van der Waals surface area contributed by atoms with E-state index in [1.54, 1.807) is 61.5 Å². The number of guanidine groups is 1. The topological polar surface area (TPSA) is 148 Å². The number of ether oxygens (including phenoxy) is 1. The number of nitrogens with two attached hydrogens (primary N) is 2. The zero-order valence-electron chi connectivity index (χ0n) is 16.1. The van der Waals surface area contributed by atoms with Gasteiger partial charge in [0.05, 0.1) is 29.2 Å². The normalized spacial score (nSPS) is 9.90. The number of aromatic amines is 1. The molecule has 0 saturated heterocycles. The SMILES string of the molecule is CCOC(=O)c1ccccc1NC(=O)c1cc(-c2ccc(N=C(N)N)cc2)n[nH]1.Cl. The van der Waals surface area contributed by atoms with E-state index < -0.39 is 11.9 Å². The largest absolute Gasteiger partial charge is 0.462 e. The van der Waals surface area contributed by atoms with Crippen LogP contribution in [0.4, 0.5) is 11.4 Å². The fourth-order valence-corrected chi connectivity index (χ4v) is 2.61. The number of para-hydroxylation sites is 1. The van der Waals surface area contributed by atoms with Gasteiger partial charge in [0.1, 0.15) is 5.69 Å². The number of hydrogen-bond donors (Lipinski definition) is 4. The number of carbonyl (C=O) groups is 2. The Morgan fingerprint density at radius 1 is 1.13 bits per heavy atom. The molecule has 0 radical (unpaired) electrons. The van der Waals surface area contributed by atoms with Crippen LogP contribution in [0.3, 0.4) is 0 Å². The number of aliphatic imine (C=N–C) groups is 1. The van der Waals surface area contributed by atoms with Crippen LogP contribution in [0.25, 0.3) is 11.3 Å². The summed E-state index contributed by atoms with van der Waals surface area (Å²) in [7, 11) is 0. The summed E-state index contributed by atoms with van der Waals surface area (Å²) in [5.41, 5.74) is 13.5. The fraction of sp³-hybridized carbons (Fsp3) is 0.100. The number of H-pyrrole nitrogens is 1. The lowest BCUT2D eigenvalue weighted by Crippen LogP contribution is -2.21. The third kappa shape index (κ3) is 5.36. The highest BCUT2D eigenvalue weighted by Gasteiger charge is 2.16. The maximum atomic E-state index is 12.6. The van der Waals surface area contributed by atoms with Crippen LogP contribution in [-0.2, 0) is 4.74 Å². The van der Waals surface area contributed by atoms with Crippen LogP contribution in [0.2, 0.25) is 0 Å². The summed E-state index contributed by atoms with van der Waals surface area (Å²) in [6.07, 6.45) is 0. The predicted octanol–water partition coefficient (Wildman–Crippen LogP) is 2.83. The van der Waals surface area contributed by atoms with Crippen molar-refractivity contribution < 1.29 is 14.3 Å². The van der Waals surface area contributed by atoms with E-state index in [1.165, 1.54) is 0 Å². The number of hydrogen-bond acceptors (Lipinski definition) is 5. The van der Waals surface area contributed by atoms with Gasteiger partial charge < -0.3 is 21.5 Å². The second kappa shape index (κ2) is 10.1. The Labute approximate surface area is 178 Å². The lowest BCUT2D eigenvalue weighted by Gasteiger charge is -2.09. The van der Waals surface area contributed by atoms with Crippen LogP contribution in [0.1, 0.15) is 27.8 Å². The van der Waals surface area contributed by atoms with Gasteiger partial charge in [-0.25, -0.2) is 9.79 Å². The van der Waals surface area contributed by atoms with E-state index in [0.29, 0.717) is 17.1 Å². The smallest absolute Gasteiger partial charge is 0.340 e. The fourth-order valence-electron chi connectivity index (χ4n) is 2.61. The predicted molar refractivity (Wildman–Crippen MR) is 117 cm³/mol. The molecule has 0 saturated carbocycles. The minimum Gasteiger partial charge on any atom is -0.462 e. The van der Waals surface area contributed by atoms with E-state index in [4.69, 9.17) is 16.2 Å². The number of aromatic nitrogens is 2. The molecule has 3 aromatic rings. The van der Waals surface area contributed by atoms with Gasteiger partial charge in [-0.15, -0.1) is 12.4 Å². The van der Waals surface area contributed by atoms with Crippen LogP contribution in [0.15, 0.2) is 59.6 Å². The summed E-state index contributed by atoms with van der Waals surface area (Å²) >= 11 is 0. The van der Waals surface area contributed by atoms with Crippen LogP contribution in [0, 0.1) is 0 Å². The summed E-state index contributed by atoms with van der Waals surface area (Å²) in [4.78, 5) is 28.6. The molecule has 0 aliphatic rings. The van der Waals surface area contributed by atoms with Crippen LogP contribution < -0.4 is 16.8 Å². The lowest BCUT2D eigenvalue weighted by molar-refractivity contribution is 0.0527. The summed E-state index contributed by atoms with van der Waals surface area (Å²) in [5.74, 6) is -0.966. The Balaban J connectivity index is 0.00000320. The molecule has 6 N–H and O–H groups in total. The minimum absolute atomic E-state index is 0. The molecule has 2 aromatic carbocycles. The average Bonchev–Trinajstić information content (AvgIpc) is 3.19. The van der Waals surface area contributed by atoms with Gasteiger partial charge in [0.25, 0.3) is 5.91 Å². The summed E-state index contributed by atoms with van der Waals surface area (Å²) in [6, 6.07) is 15.3. The molecule has 156 valence electrons. The molecule has 10 heteroatoms. The molecular weight excluding hydrogens is 408 g/mol. The molecule has 1 amide bonds. The van der Waals surface area contributed by atoms with Crippen molar-refractivity contribution >= 4 is 41.6 Å². The molecule has 30 heavy (non-hydrogen) atoms. The molecule has 0 bridgehead atoms. The van der Waals surface area contributed by atoms with Crippen molar-refractivity contribution in [3.8, 4) is 11.3 Å². The monoisotopic (exact) mass is 428 g/mol. The molecular formula is C20H21ClN6O3. The van der Waals surface area contributed by atoms with Crippen molar-refractivity contribution in [1.82, 2.24) is 10.2 Å². The lowest BCUT2D eigenvalue weighted by atomic mass is 10.1. The molecule has 0 aliphatic heterocycles. The number of amides is 1. The van der Waals surface area contributed by atoms with Gasteiger partial charge in [0.15, 0.2) is 5.96 Å². The van der Waals surface area contributed by atoms with E-state index in [1.807, 2.05) is 0 Å². The summed E-state index contributed by atoms with van der Waals surface area (Å²) < 4.78 is 5.02. The second-order valence-electron chi connectivity index (χ2n) is 5.97. The van der Waals surface area contributed by atoms with Crippen molar-refractivity contribution in [1.29, 1.82) is 0 Å². The van der Waals surface area contributed by atoms with E-state index in [-0.39, 0.29) is 36.2 Å². The summed E-state index contributed by atoms with van der Waals surface area (Å²) in [6.45, 7) is 1.96. The van der Waals surface area contributed by atoms with Gasteiger partial charge in [-0.3, -0.25) is 9.89 Å².